The molecule has 4 nitrogen and oxygen atoms in total. The highest BCUT2D eigenvalue weighted by atomic mass is 16.5. The summed E-state index contributed by atoms with van der Waals surface area (Å²) in [4.78, 5) is 15.1. The number of hydrogen-bond acceptors (Lipinski definition) is 3. The number of ether oxygens (including phenoxy) is 1. The minimum atomic E-state index is -0.0945. The first kappa shape index (κ1) is 15.5. The molecule has 0 bridgehead atoms. The van der Waals surface area contributed by atoms with Crippen molar-refractivity contribution in [2.45, 2.75) is 44.9 Å². The van der Waals surface area contributed by atoms with Gasteiger partial charge in [-0.15, -0.1) is 0 Å². The van der Waals surface area contributed by atoms with Gasteiger partial charge in [-0.25, -0.2) is 0 Å². The summed E-state index contributed by atoms with van der Waals surface area (Å²) in [7, 11) is 0. The van der Waals surface area contributed by atoms with E-state index in [0.717, 1.165) is 38.1 Å². The van der Waals surface area contributed by atoms with Crippen molar-refractivity contribution in [1.82, 2.24) is 10.2 Å². The van der Waals surface area contributed by atoms with Crippen LogP contribution in [0.25, 0.3) is 0 Å². The fourth-order valence-electron chi connectivity index (χ4n) is 3.75. The number of benzene rings is 1. The molecule has 22 heavy (non-hydrogen) atoms. The highest BCUT2D eigenvalue weighted by Gasteiger charge is 2.37. The van der Waals surface area contributed by atoms with Gasteiger partial charge in [0.1, 0.15) is 0 Å². The summed E-state index contributed by atoms with van der Waals surface area (Å²) < 4.78 is 5.98. The quantitative estimate of drug-likeness (QED) is 0.912. The van der Waals surface area contributed by atoms with Crippen LogP contribution in [0.4, 0.5) is 0 Å². The van der Waals surface area contributed by atoms with Gasteiger partial charge < -0.3 is 15.0 Å². The first-order valence-electron chi connectivity index (χ1n) is 8.36. The van der Waals surface area contributed by atoms with E-state index in [-0.39, 0.29) is 17.9 Å². The molecule has 2 aliphatic heterocycles. The van der Waals surface area contributed by atoms with E-state index in [2.05, 4.69) is 31.3 Å². The maximum absolute atomic E-state index is 13.0. The van der Waals surface area contributed by atoms with E-state index in [1.165, 1.54) is 0 Å². The zero-order valence-electron chi connectivity index (χ0n) is 13.5. The maximum atomic E-state index is 13.0. The van der Waals surface area contributed by atoms with Crippen LogP contribution in [0.2, 0.25) is 0 Å². The summed E-state index contributed by atoms with van der Waals surface area (Å²) in [5.41, 5.74) is 1.12. The lowest BCUT2D eigenvalue weighted by Gasteiger charge is -2.40. The molecular weight excluding hydrogens is 276 g/mol. The molecule has 0 radical (unpaired) electrons. The molecule has 0 aliphatic carbocycles. The Morgan fingerprint density at radius 1 is 1.18 bits per heavy atom. The molecule has 120 valence electrons. The molecule has 1 N–H and O–H groups in total. The molecule has 2 heterocycles. The van der Waals surface area contributed by atoms with Crippen molar-refractivity contribution in [3.8, 4) is 0 Å². The smallest absolute Gasteiger partial charge is 0.228 e. The summed E-state index contributed by atoms with van der Waals surface area (Å²) in [5, 5.41) is 3.48. The number of carbonyl (C=O) groups excluding carboxylic acids is 1. The third-order valence-electron chi connectivity index (χ3n) is 4.64. The van der Waals surface area contributed by atoms with Gasteiger partial charge in [0.25, 0.3) is 0 Å². The molecule has 1 amide bonds. The van der Waals surface area contributed by atoms with Gasteiger partial charge in [0, 0.05) is 31.8 Å². The van der Waals surface area contributed by atoms with Crippen LogP contribution in [0.15, 0.2) is 30.3 Å². The predicted molar refractivity (Wildman–Crippen MR) is 86.5 cm³/mol. The second-order valence-corrected chi connectivity index (χ2v) is 6.66. The van der Waals surface area contributed by atoms with Gasteiger partial charge in [0.05, 0.1) is 12.0 Å². The van der Waals surface area contributed by atoms with Gasteiger partial charge in [-0.3, -0.25) is 4.79 Å². The van der Waals surface area contributed by atoms with Crippen LogP contribution in [0.3, 0.4) is 0 Å². The van der Waals surface area contributed by atoms with Crippen LogP contribution in [0.5, 0.6) is 0 Å². The van der Waals surface area contributed by atoms with E-state index in [1.54, 1.807) is 0 Å². The summed E-state index contributed by atoms with van der Waals surface area (Å²) in [6.07, 6.45) is 1.80. The Kier molecular flexibility index (Phi) is 4.79. The number of hydrogen-bond donors (Lipinski definition) is 1. The monoisotopic (exact) mass is 302 g/mol. The van der Waals surface area contributed by atoms with E-state index in [0.29, 0.717) is 12.1 Å². The van der Waals surface area contributed by atoms with E-state index < -0.39 is 0 Å². The fourth-order valence-corrected chi connectivity index (χ4v) is 3.75. The molecule has 2 saturated heterocycles. The zero-order valence-corrected chi connectivity index (χ0v) is 13.5. The van der Waals surface area contributed by atoms with Crippen LogP contribution in [0, 0.1) is 5.92 Å². The number of rotatable bonds is 2. The lowest BCUT2D eigenvalue weighted by Crippen LogP contribution is -2.57. The Bertz CT molecular complexity index is 495. The Hall–Kier alpha value is -1.39. The van der Waals surface area contributed by atoms with Gasteiger partial charge in [-0.1, -0.05) is 30.3 Å². The summed E-state index contributed by atoms with van der Waals surface area (Å²) in [6, 6.07) is 10.9. The number of amides is 1. The van der Waals surface area contributed by atoms with Crippen molar-refractivity contribution in [2.24, 2.45) is 5.92 Å². The number of carbonyl (C=O) groups is 1. The van der Waals surface area contributed by atoms with Crippen LogP contribution in [-0.2, 0) is 9.53 Å². The molecule has 0 saturated carbocycles. The van der Waals surface area contributed by atoms with Crippen molar-refractivity contribution in [2.75, 3.05) is 19.7 Å². The predicted octanol–water partition coefficient (Wildman–Crippen LogP) is 2.36. The lowest BCUT2D eigenvalue weighted by atomic mass is 9.88. The third-order valence-corrected chi connectivity index (χ3v) is 4.64. The Balaban J connectivity index is 1.77. The minimum Gasteiger partial charge on any atom is -0.373 e. The molecule has 0 aromatic heterocycles. The van der Waals surface area contributed by atoms with E-state index in [1.807, 2.05) is 23.1 Å². The zero-order chi connectivity index (χ0) is 15.5. The summed E-state index contributed by atoms with van der Waals surface area (Å²) >= 11 is 0. The van der Waals surface area contributed by atoms with Crippen LogP contribution in [-0.4, -0.2) is 42.6 Å². The minimum absolute atomic E-state index is 0.0475. The van der Waals surface area contributed by atoms with Crippen molar-refractivity contribution in [1.29, 1.82) is 0 Å². The Morgan fingerprint density at radius 3 is 2.55 bits per heavy atom. The number of nitrogens with zero attached hydrogens (tertiary/aromatic N) is 1. The average molecular weight is 302 g/mol. The van der Waals surface area contributed by atoms with Gasteiger partial charge in [0.15, 0.2) is 0 Å². The first-order chi connectivity index (χ1) is 10.6. The number of nitrogens with one attached hydrogen (secondary N) is 1. The summed E-state index contributed by atoms with van der Waals surface area (Å²) in [5.74, 6) is 0.211. The highest BCUT2D eigenvalue weighted by molar-refractivity contribution is 5.80. The lowest BCUT2D eigenvalue weighted by molar-refractivity contribution is -0.147. The molecule has 4 atom stereocenters. The molecule has 2 aliphatic rings. The van der Waals surface area contributed by atoms with Crippen LogP contribution >= 0.6 is 0 Å². The van der Waals surface area contributed by atoms with Crippen molar-refractivity contribution >= 4 is 5.91 Å². The van der Waals surface area contributed by atoms with E-state index in [9.17, 15) is 4.79 Å². The highest BCUT2D eigenvalue weighted by Crippen LogP contribution is 2.35. The van der Waals surface area contributed by atoms with Gasteiger partial charge >= 0.3 is 0 Å². The average Bonchev–Trinajstić information content (AvgIpc) is 2.54. The Morgan fingerprint density at radius 2 is 1.86 bits per heavy atom. The second-order valence-electron chi connectivity index (χ2n) is 6.66. The molecule has 3 rings (SSSR count). The SMILES string of the molecule is CC1CN(C(=O)C2CCCOC2c2ccccc2)CC(C)N1. The number of piperazine rings is 1. The summed E-state index contributed by atoms with van der Waals surface area (Å²) in [6.45, 7) is 6.62. The van der Waals surface area contributed by atoms with Gasteiger partial charge in [-0.2, -0.15) is 0 Å². The molecule has 2 fully saturated rings. The fraction of sp³-hybridized carbons (Fsp3) is 0.611. The molecule has 4 unspecified atom stereocenters. The van der Waals surface area contributed by atoms with Gasteiger partial charge in [-0.05, 0) is 32.3 Å². The standard InChI is InChI=1S/C18H26N2O2/c1-13-11-20(12-14(2)19-13)18(21)16-9-6-10-22-17(16)15-7-4-3-5-8-15/h3-5,7-8,13-14,16-17,19H,6,9-12H2,1-2H3. The Labute approximate surface area is 132 Å². The second kappa shape index (κ2) is 6.80. The van der Waals surface area contributed by atoms with E-state index in [4.69, 9.17) is 4.74 Å². The van der Waals surface area contributed by atoms with Crippen molar-refractivity contribution < 1.29 is 9.53 Å². The maximum Gasteiger partial charge on any atom is 0.228 e. The first-order valence-corrected chi connectivity index (χ1v) is 8.36. The molecular formula is C18H26N2O2. The van der Waals surface area contributed by atoms with Crippen molar-refractivity contribution in [3.63, 3.8) is 0 Å². The van der Waals surface area contributed by atoms with Crippen LogP contribution < -0.4 is 5.32 Å². The molecule has 0 spiro atoms. The largest absolute Gasteiger partial charge is 0.373 e. The van der Waals surface area contributed by atoms with Crippen LogP contribution in [0.1, 0.15) is 38.4 Å². The topological polar surface area (TPSA) is 41.6 Å². The molecule has 4 heteroatoms. The third kappa shape index (κ3) is 3.33. The normalized spacial score (nSPS) is 32.7. The molecule has 1 aromatic rings. The van der Waals surface area contributed by atoms with E-state index >= 15 is 0 Å². The van der Waals surface area contributed by atoms with Crippen molar-refractivity contribution in [3.05, 3.63) is 35.9 Å². The van der Waals surface area contributed by atoms with Gasteiger partial charge in [0.2, 0.25) is 5.91 Å². The molecule has 1 aromatic carbocycles.